The summed E-state index contributed by atoms with van der Waals surface area (Å²) in [5.41, 5.74) is 2.48. The minimum atomic E-state index is -4.41. The highest BCUT2D eigenvalue weighted by Crippen LogP contribution is 2.37. The average Bonchev–Trinajstić information content (AvgIpc) is 2.83. The number of rotatable bonds is 6. The van der Waals surface area contributed by atoms with Gasteiger partial charge < -0.3 is 18.8 Å². The summed E-state index contributed by atoms with van der Waals surface area (Å²) in [5, 5.41) is 1.14. The van der Waals surface area contributed by atoms with E-state index in [1.165, 1.54) is 12.1 Å². The van der Waals surface area contributed by atoms with Crippen LogP contribution in [0.2, 0.25) is 0 Å². The fourth-order valence-corrected chi connectivity index (χ4v) is 3.89. The molecular weight excluding hydrogens is 465 g/mol. The van der Waals surface area contributed by atoms with Crippen molar-refractivity contribution in [2.45, 2.75) is 25.0 Å². The molecule has 0 N–H and O–H groups in total. The molecule has 0 radical (unpaired) electrons. The van der Waals surface area contributed by atoms with Crippen LogP contribution in [0, 0.1) is 5.82 Å². The van der Waals surface area contributed by atoms with Gasteiger partial charge in [0, 0.05) is 56.8 Å². The Morgan fingerprint density at radius 3 is 2.47 bits per heavy atom. The first-order chi connectivity index (χ1) is 16.2. The van der Waals surface area contributed by atoms with Crippen LogP contribution in [-0.2, 0) is 43.3 Å². The molecule has 0 spiro atoms. The molecule has 1 aliphatic rings. The third kappa shape index (κ3) is 6.71. The van der Waals surface area contributed by atoms with E-state index in [9.17, 15) is 17.4 Å². The van der Waals surface area contributed by atoms with Gasteiger partial charge in [-0.05, 0) is 41.5 Å². The van der Waals surface area contributed by atoms with Gasteiger partial charge in [0.1, 0.15) is 25.2 Å². The van der Waals surface area contributed by atoms with E-state index in [1.54, 1.807) is 7.11 Å². The molecule has 184 valence electrons. The summed E-state index contributed by atoms with van der Waals surface area (Å²) >= 11 is 0. The zero-order chi connectivity index (χ0) is 24.8. The van der Waals surface area contributed by atoms with Gasteiger partial charge in [0.2, 0.25) is 15.9 Å². The van der Waals surface area contributed by atoms with Crippen LogP contribution >= 0.6 is 0 Å². The minimum Gasteiger partial charge on any atom is -0.726 e. The van der Waals surface area contributed by atoms with Crippen LogP contribution in [0.25, 0.3) is 10.9 Å². The predicted molar refractivity (Wildman–Crippen MR) is 121 cm³/mol. The van der Waals surface area contributed by atoms with Crippen molar-refractivity contribution in [3.63, 3.8) is 0 Å². The lowest BCUT2D eigenvalue weighted by Crippen LogP contribution is -2.35. The number of fused-ring (bicyclic) bond motifs is 1. The van der Waals surface area contributed by atoms with E-state index < -0.39 is 16.0 Å². The van der Waals surface area contributed by atoms with Crippen LogP contribution in [0.3, 0.4) is 0 Å². The van der Waals surface area contributed by atoms with E-state index >= 15 is 0 Å². The molecule has 0 amide bonds. The van der Waals surface area contributed by atoms with E-state index in [2.05, 4.69) is 26.9 Å². The highest BCUT2D eigenvalue weighted by Gasteiger charge is 2.35. The lowest BCUT2D eigenvalue weighted by atomic mass is 9.86. The second-order valence-corrected chi connectivity index (χ2v) is 9.01. The first kappa shape index (κ1) is 26.0. The van der Waals surface area contributed by atoms with Gasteiger partial charge in [-0.25, -0.2) is 17.4 Å². The molecular formula is C24H28FNO7S. The Kier molecular flexibility index (Phi) is 8.56. The Morgan fingerprint density at radius 1 is 1.12 bits per heavy atom. The molecule has 1 aromatic heterocycles. The summed E-state index contributed by atoms with van der Waals surface area (Å²) in [6, 6.07) is 15.2. The number of pyridine rings is 1. The Hall–Kier alpha value is -2.63. The van der Waals surface area contributed by atoms with Crippen molar-refractivity contribution < 1.29 is 40.3 Å². The number of aromatic nitrogens is 1. The number of nitrogens with zero attached hydrogens (tertiary/aromatic N) is 1. The van der Waals surface area contributed by atoms with Crippen molar-refractivity contribution >= 4 is 21.3 Å². The van der Waals surface area contributed by atoms with Crippen molar-refractivity contribution in [1.82, 2.24) is 0 Å². The van der Waals surface area contributed by atoms with Gasteiger partial charge in [-0.15, -0.1) is 0 Å². The molecule has 1 fully saturated rings. The molecule has 0 saturated carbocycles. The van der Waals surface area contributed by atoms with Crippen LogP contribution in [0.1, 0.15) is 24.0 Å². The van der Waals surface area contributed by atoms with Crippen molar-refractivity contribution in [2.75, 3.05) is 27.4 Å². The van der Waals surface area contributed by atoms with Crippen LogP contribution in [0.4, 0.5) is 4.39 Å². The topological polar surface area (TPSA) is 98.0 Å². The largest absolute Gasteiger partial charge is 0.726 e. The van der Waals surface area contributed by atoms with Gasteiger partial charge in [0.15, 0.2) is 6.20 Å². The number of methoxy groups -OCH3 is 1. The van der Waals surface area contributed by atoms with Gasteiger partial charge >= 0.3 is 0 Å². The highest BCUT2D eigenvalue weighted by atomic mass is 32.3. The SMILES string of the molecule is COC1(c2cc(F)cc(OCc3ccc4c(ccc[n+]4C)c3)c2)CCOCC1.COS(=O)(=O)[O-]. The van der Waals surface area contributed by atoms with E-state index in [1.807, 2.05) is 31.4 Å². The zero-order valence-corrected chi connectivity index (χ0v) is 20.1. The molecule has 0 bridgehead atoms. The maximum atomic E-state index is 14.3. The predicted octanol–water partition coefficient (Wildman–Crippen LogP) is 3.13. The van der Waals surface area contributed by atoms with Crippen LogP contribution in [-0.4, -0.2) is 40.4 Å². The first-order valence-corrected chi connectivity index (χ1v) is 11.9. The Morgan fingerprint density at radius 2 is 1.82 bits per heavy atom. The summed E-state index contributed by atoms with van der Waals surface area (Å²) in [5.74, 6) is 0.192. The van der Waals surface area contributed by atoms with E-state index in [0.717, 1.165) is 29.1 Å². The molecule has 0 unspecified atom stereocenters. The maximum Gasteiger partial charge on any atom is 0.217 e. The number of hydrogen-bond donors (Lipinski definition) is 0. The molecule has 34 heavy (non-hydrogen) atoms. The van der Waals surface area contributed by atoms with Crippen LogP contribution < -0.4 is 9.30 Å². The van der Waals surface area contributed by atoms with Crippen molar-refractivity contribution in [1.29, 1.82) is 0 Å². The Labute approximate surface area is 198 Å². The Bertz CT molecular complexity index is 1230. The molecule has 2 aromatic carbocycles. The first-order valence-electron chi connectivity index (χ1n) is 10.6. The van der Waals surface area contributed by atoms with Crippen molar-refractivity contribution in [3.8, 4) is 5.75 Å². The standard InChI is InChI=1S/C23H25FNO3.CH4O4S/c1-25-9-3-4-18-12-17(5-6-22(18)25)16-28-21-14-19(13-20(24)15-21)23(26-2)7-10-27-11-8-23;1-5-6(2,3)4/h3-6,9,12-15H,7-8,10-11,16H2,1-2H3;1H3,(H,2,3,4)/q+1;/p-1. The van der Waals surface area contributed by atoms with E-state index in [0.29, 0.717) is 38.4 Å². The molecule has 0 atom stereocenters. The number of ether oxygens (including phenoxy) is 3. The van der Waals surface area contributed by atoms with Gasteiger partial charge in [-0.1, -0.05) is 0 Å². The number of halogens is 1. The fraction of sp³-hybridized carbons (Fsp3) is 0.375. The molecule has 10 heteroatoms. The van der Waals surface area contributed by atoms with Crippen molar-refractivity contribution in [2.24, 2.45) is 7.05 Å². The second-order valence-electron chi connectivity index (χ2n) is 7.86. The summed E-state index contributed by atoms with van der Waals surface area (Å²) < 4.78 is 64.6. The van der Waals surface area contributed by atoms with Gasteiger partial charge in [-0.2, -0.15) is 0 Å². The molecule has 3 aromatic rings. The number of aryl methyl sites for hydroxylation is 1. The monoisotopic (exact) mass is 493 g/mol. The average molecular weight is 494 g/mol. The normalized spacial score (nSPS) is 15.4. The summed E-state index contributed by atoms with van der Waals surface area (Å²) in [7, 11) is 0.0908. The second kappa shape index (κ2) is 11.2. The van der Waals surface area contributed by atoms with Crippen LogP contribution in [0.15, 0.2) is 54.7 Å². The summed E-state index contributed by atoms with van der Waals surface area (Å²) in [6.07, 6.45) is 3.43. The fourth-order valence-electron chi connectivity index (χ4n) is 3.89. The van der Waals surface area contributed by atoms with Crippen molar-refractivity contribution in [3.05, 3.63) is 71.7 Å². The number of hydrogen-bond acceptors (Lipinski definition) is 7. The third-order valence-electron chi connectivity index (χ3n) is 5.76. The molecule has 1 saturated heterocycles. The quantitative estimate of drug-likeness (QED) is 0.296. The molecule has 4 rings (SSSR count). The lowest BCUT2D eigenvalue weighted by molar-refractivity contribution is -0.644. The van der Waals surface area contributed by atoms with Gasteiger partial charge in [-0.3, -0.25) is 4.18 Å². The molecule has 8 nitrogen and oxygen atoms in total. The third-order valence-corrected chi connectivity index (χ3v) is 6.16. The van der Waals surface area contributed by atoms with Gasteiger partial charge in [0.05, 0.1) is 12.7 Å². The van der Waals surface area contributed by atoms with E-state index in [4.69, 9.17) is 14.2 Å². The molecule has 2 heterocycles. The molecule has 0 aliphatic carbocycles. The zero-order valence-electron chi connectivity index (χ0n) is 19.3. The maximum absolute atomic E-state index is 14.3. The number of benzene rings is 2. The summed E-state index contributed by atoms with van der Waals surface area (Å²) in [4.78, 5) is 0. The van der Waals surface area contributed by atoms with E-state index in [-0.39, 0.29) is 5.82 Å². The lowest BCUT2D eigenvalue weighted by Gasteiger charge is -2.36. The van der Waals surface area contributed by atoms with Gasteiger partial charge in [0.25, 0.3) is 0 Å². The smallest absolute Gasteiger partial charge is 0.217 e. The minimum absolute atomic E-state index is 0.319. The van der Waals surface area contributed by atoms with Crippen LogP contribution in [0.5, 0.6) is 5.75 Å². The highest BCUT2D eigenvalue weighted by molar-refractivity contribution is 7.80. The molecule has 1 aliphatic heterocycles. The Balaban J connectivity index is 0.000000481. The summed E-state index contributed by atoms with van der Waals surface area (Å²) in [6.45, 7) is 1.59.